The van der Waals surface area contributed by atoms with E-state index in [2.05, 4.69) is 5.32 Å². The Hall–Kier alpha value is -2.39. The van der Waals surface area contributed by atoms with E-state index in [4.69, 9.17) is 14.7 Å². The molecule has 1 aromatic carbocycles. The molecule has 1 aromatic rings. The molecule has 0 aliphatic heterocycles. The second kappa shape index (κ2) is 8.30. The number of nitriles is 1. The maximum absolute atomic E-state index is 12.5. The van der Waals surface area contributed by atoms with Crippen molar-refractivity contribution in [2.45, 2.75) is 46.1 Å². The van der Waals surface area contributed by atoms with Crippen molar-refractivity contribution < 1.29 is 19.1 Å². The zero-order chi connectivity index (χ0) is 17.5. The van der Waals surface area contributed by atoms with Crippen LogP contribution in [0.4, 0.5) is 5.69 Å². The monoisotopic (exact) mass is 318 g/mol. The normalized spacial score (nSPS) is 12.8. The second-order valence-electron chi connectivity index (χ2n) is 5.28. The first-order chi connectivity index (χ1) is 10.9. The van der Waals surface area contributed by atoms with Crippen molar-refractivity contribution >= 4 is 17.6 Å². The molecule has 0 saturated carbocycles. The molecule has 124 valence electrons. The Morgan fingerprint density at radius 1 is 1.35 bits per heavy atom. The average Bonchev–Trinajstić information content (AvgIpc) is 2.48. The van der Waals surface area contributed by atoms with Gasteiger partial charge in [0.1, 0.15) is 17.4 Å². The zero-order valence-electron chi connectivity index (χ0n) is 13.9. The summed E-state index contributed by atoms with van der Waals surface area (Å²) in [5, 5.41) is 11.9. The van der Waals surface area contributed by atoms with E-state index in [0.29, 0.717) is 18.7 Å². The van der Waals surface area contributed by atoms with Crippen LogP contribution >= 0.6 is 0 Å². The molecule has 1 N–H and O–H groups in total. The molecule has 0 spiro atoms. The van der Waals surface area contributed by atoms with Crippen LogP contribution in [0.5, 0.6) is 5.75 Å². The fourth-order valence-corrected chi connectivity index (χ4v) is 2.25. The molecule has 0 aliphatic rings. The predicted octanol–water partition coefficient (Wildman–Crippen LogP) is 3.02. The first kappa shape index (κ1) is 18.7. The van der Waals surface area contributed by atoms with E-state index in [9.17, 15) is 9.59 Å². The fraction of sp³-hybridized carbons (Fsp3) is 0.471. The molecular formula is C17H22N2O4. The van der Waals surface area contributed by atoms with Crippen LogP contribution in [-0.2, 0) is 14.3 Å². The first-order valence-electron chi connectivity index (χ1n) is 7.54. The zero-order valence-corrected chi connectivity index (χ0v) is 13.9. The fourth-order valence-electron chi connectivity index (χ4n) is 2.25. The lowest BCUT2D eigenvalue weighted by Gasteiger charge is -2.27. The third kappa shape index (κ3) is 5.08. The van der Waals surface area contributed by atoms with Crippen molar-refractivity contribution in [3.05, 3.63) is 23.8 Å². The summed E-state index contributed by atoms with van der Waals surface area (Å²) in [5.74, 6) is -0.616. The van der Waals surface area contributed by atoms with Gasteiger partial charge in [0.2, 0.25) is 0 Å². The molecule has 0 aliphatic carbocycles. The lowest BCUT2D eigenvalue weighted by atomic mass is 9.99. The van der Waals surface area contributed by atoms with Crippen molar-refractivity contribution in [1.82, 2.24) is 0 Å². The molecule has 1 unspecified atom stereocenters. The van der Waals surface area contributed by atoms with E-state index in [1.165, 1.54) is 19.1 Å². The summed E-state index contributed by atoms with van der Waals surface area (Å²) in [7, 11) is 0. The number of carbonyl (C=O) groups excluding carboxylic acids is 2. The van der Waals surface area contributed by atoms with E-state index < -0.39 is 11.6 Å². The Kier molecular flexibility index (Phi) is 6.73. The number of anilines is 1. The van der Waals surface area contributed by atoms with Gasteiger partial charge in [0.15, 0.2) is 0 Å². The van der Waals surface area contributed by atoms with Gasteiger partial charge in [-0.1, -0.05) is 13.3 Å². The van der Waals surface area contributed by atoms with Gasteiger partial charge in [-0.25, -0.2) is 0 Å². The van der Waals surface area contributed by atoms with Gasteiger partial charge in [-0.2, -0.15) is 5.26 Å². The van der Waals surface area contributed by atoms with Crippen LogP contribution in [0.1, 0.15) is 46.1 Å². The summed E-state index contributed by atoms with van der Waals surface area (Å²) >= 11 is 0. The second-order valence-corrected chi connectivity index (χ2v) is 5.28. The maximum atomic E-state index is 12.5. The highest BCUT2D eigenvalue weighted by molar-refractivity contribution is 5.97. The predicted molar refractivity (Wildman–Crippen MR) is 86.0 cm³/mol. The Balaban J connectivity index is 2.98. The Morgan fingerprint density at radius 2 is 2.04 bits per heavy atom. The number of nitrogens with one attached hydrogen (secondary N) is 1. The number of carbonyl (C=O) groups is 2. The molecule has 1 atom stereocenters. The topological polar surface area (TPSA) is 88.4 Å². The Morgan fingerprint density at radius 3 is 2.57 bits per heavy atom. The lowest BCUT2D eigenvalue weighted by molar-refractivity contribution is -0.139. The highest BCUT2D eigenvalue weighted by Crippen LogP contribution is 2.25. The largest absolute Gasteiger partial charge is 0.425 e. The Labute approximate surface area is 136 Å². The van der Waals surface area contributed by atoms with E-state index in [1.807, 2.05) is 19.9 Å². The third-order valence-corrected chi connectivity index (χ3v) is 3.28. The summed E-state index contributed by atoms with van der Waals surface area (Å²) in [6, 6.07) is 6.47. The van der Waals surface area contributed by atoms with Crippen LogP contribution in [0.3, 0.4) is 0 Å². The molecule has 6 nitrogen and oxygen atoms in total. The number of ether oxygens (including phenoxy) is 2. The van der Waals surface area contributed by atoms with Gasteiger partial charge in [0.05, 0.1) is 5.56 Å². The summed E-state index contributed by atoms with van der Waals surface area (Å²) in [6.45, 7) is 7.25. The van der Waals surface area contributed by atoms with Crippen LogP contribution in [0, 0.1) is 11.3 Å². The van der Waals surface area contributed by atoms with Gasteiger partial charge in [-0.15, -0.1) is 0 Å². The molecular weight excluding hydrogens is 296 g/mol. The third-order valence-electron chi connectivity index (χ3n) is 3.28. The standard InChI is InChI=1S/C17H22N2O4/c1-5-9-17(4,22-6-2)16(21)19-14-7-8-15(23-12(3)20)13(10-14)11-18/h7-8,10H,5-6,9H2,1-4H3,(H,19,21). The number of nitrogens with zero attached hydrogens (tertiary/aromatic N) is 1. The van der Waals surface area contributed by atoms with E-state index in [1.54, 1.807) is 13.0 Å². The van der Waals surface area contributed by atoms with Gasteiger partial charge >= 0.3 is 5.97 Å². The van der Waals surface area contributed by atoms with Crippen molar-refractivity contribution in [1.29, 1.82) is 5.26 Å². The van der Waals surface area contributed by atoms with Gasteiger partial charge in [-0.3, -0.25) is 9.59 Å². The quantitative estimate of drug-likeness (QED) is 0.616. The Bertz CT molecular complexity index is 614. The summed E-state index contributed by atoms with van der Waals surface area (Å²) in [6.07, 6.45) is 1.39. The van der Waals surface area contributed by atoms with Crippen molar-refractivity contribution in [2.75, 3.05) is 11.9 Å². The summed E-state index contributed by atoms with van der Waals surface area (Å²) < 4.78 is 10.5. The van der Waals surface area contributed by atoms with Gasteiger partial charge in [0.25, 0.3) is 5.91 Å². The van der Waals surface area contributed by atoms with Crippen molar-refractivity contribution in [3.63, 3.8) is 0 Å². The smallest absolute Gasteiger partial charge is 0.308 e. The molecule has 1 amide bonds. The first-order valence-corrected chi connectivity index (χ1v) is 7.54. The van der Waals surface area contributed by atoms with E-state index in [0.717, 1.165) is 6.42 Å². The molecule has 0 aromatic heterocycles. The van der Waals surface area contributed by atoms with Gasteiger partial charge < -0.3 is 14.8 Å². The minimum atomic E-state index is -0.926. The number of amides is 1. The van der Waals surface area contributed by atoms with Crippen molar-refractivity contribution in [3.8, 4) is 11.8 Å². The van der Waals surface area contributed by atoms with Crippen LogP contribution in [-0.4, -0.2) is 24.1 Å². The molecule has 0 radical (unpaired) electrons. The number of esters is 1. The molecule has 23 heavy (non-hydrogen) atoms. The molecule has 0 fully saturated rings. The van der Waals surface area contributed by atoms with Crippen molar-refractivity contribution in [2.24, 2.45) is 0 Å². The minimum absolute atomic E-state index is 0.166. The van der Waals surface area contributed by atoms with E-state index >= 15 is 0 Å². The molecule has 0 heterocycles. The molecule has 0 saturated heterocycles. The number of hydrogen-bond donors (Lipinski definition) is 1. The lowest BCUT2D eigenvalue weighted by Crippen LogP contribution is -2.42. The van der Waals surface area contributed by atoms with Crippen LogP contribution < -0.4 is 10.1 Å². The molecule has 6 heteroatoms. The molecule has 1 rings (SSSR count). The minimum Gasteiger partial charge on any atom is -0.425 e. The number of benzene rings is 1. The maximum Gasteiger partial charge on any atom is 0.308 e. The highest BCUT2D eigenvalue weighted by Gasteiger charge is 2.33. The average molecular weight is 318 g/mol. The number of hydrogen-bond acceptors (Lipinski definition) is 5. The number of rotatable bonds is 7. The van der Waals surface area contributed by atoms with Gasteiger partial charge in [0, 0.05) is 19.2 Å². The SMILES string of the molecule is CCCC(C)(OCC)C(=O)Nc1ccc(OC(C)=O)c(C#N)c1. The molecule has 0 bridgehead atoms. The van der Waals surface area contributed by atoms with E-state index in [-0.39, 0.29) is 17.2 Å². The summed E-state index contributed by atoms with van der Waals surface area (Å²) in [5.41, 5.74) is -0.304. The van der Waals surface area contributed by atoms with Crippen LogP contribution in [0.2, 0.25) is 0 Å². The highest BCUT2D eigenvalue weighted by atomic mass is 16.5. The van der Waals surface area contributed by atoms with Crippen LogP contribution in [0.25, 0.3) is 0 Å². The summed E-state index contributed by atoms with van der Waals surface area (Å²) in [4.78, 5) is 23.5. The van der Waals surface area contributed by atoms with Gasteiger partial charge in [-0.05, 0) is 38.5 Å². The van der Waals surface area contributed by atoms with Crippen LogP contribution in [0.15, 0.2) is 18.2 Å².